The van der Waals surface area contributed by atoms with Crippen LogP contribution in [-0.4, -0.2) is 6.04 Å². The molecule has 0 saturated heterocycles. The van der Waals surface area contributed by atoms with E-state index in [1.54, 1.807) is 11.1 Å². The average Bonchev–Trinajstić information content (AvgIpc) is 3.13. The van der Waals surface area contributed by atoms with E-state index in [4.69, 9.17) is 0 Å². The summed E-state index contributed by atoms with van der Waals surface area (Å²) in [4.78, 5) is 0. The van der Waals surface area contributed by atoms with Crippen LogP contribution in [0.5, 0.6) is 0 Å². The van der Waals surface area contributed by atoms with E-state index < -0.39 is 0 Å². The third-order valence-corrected chi connectivity index (χ3v) is 6.69. The van der Waals surface area contributed by atoms with Gasteiger partial charge in [-0.05, 0) is 73.8 Å². The highest BCUT2D eigenvalue weighted by Crippen LogP contribution is 2.50. The molecular weight excluding hydrogens is 254 g/mol. The SMILES string of the molecule is CC1CCC(NC(C)C2CC3CCC2C3)c2ccccc21. The number of rotatable bonds is 3. The summed E-state index contributed by atoms with van der Waals surface area (Å²) in [5, 5.41) is 4.02. The first-order chi connectivity index (χ1) is 10.2. The fourth-order valence-electron chi connectivity index (χ4n) is 5.53. The van der Waals surface area contributed by atoms with Crippen molar-refractivity contribution in [2.75, 3.05) is 0 Å². The van der Waals surface area contributed by atoms with Gasteiger partial charge < -0.3 is 5.32 Å². The second kappa shape index (κ2) is 5.43. The quantitative estimate of drug-likeness (QED) is 0.819. The maximum Gasteiger partial charge on any atom is 0.0325 e. The lowest BCUT2D eigenvalue weighted by Gasteiger charge is -2.36. The molecule has 0 aromatic heterocycles. The van der Waals surface area contributed by atoms with E-state index in [2.05, 4.69) is 43.4 Å². The first-order valence-corrected chi connectivity index (χ1v) is 9.07. The first kappa shape index (κ1) is 13.8. The van der Waals surface area contributed by atoms with Crippen molar-refractivity contribution in [3.63, 3.8) is 0 Å². The molecule has 1 aromatic rings. The van der Waals surface area contributed by atoms with Crippen LogP contribution in [0.4, 0.5) is 0 Å². The molecule has 0 heterocycles. The summed E-state index contributed by atoms with van der Waals surface area (Å²) in [5.74, 6) is 3.76. The molecule has 4 rings (SSSR count). The Bertz CT molecular complexity index is 508. The molecule has 2 fully saturated rings. The fourth-order valence-corrected chi connectivity index (χ4v) is 5.53. The Labute approximate surface area is 129 Å². The monoisotopic (exact) mass is 283 g/mol. The Kier molecular flexibility index (Phi) is 3.57. The van der Waals surface area contributed by atoms with Gasteiger partial charge in [0.05, 0.1) is 0 Å². The first-order valence-electron chi connectivity index (χ1n) is 9.07. The van der Waals surface area contributed by atoms with Crippen LogP contribution < -0.4 is 5.32 Å². The molecule has 0 spiro atoms. The Morgan fingerprint density at radius 2 is 1.81 bits per heavy atom. The van der Waals surface area contributed by atoms with Gasteiger partial charge >= 0.3 is 0 Å². The second-order valence-corrected chi connectivity index (χ2v) is 7.95. The van der Waals surface area contributed by atoms with Gasteiger partial charge in [0.25, 0.3) is 0 Å². The summed E-state index contributed by atoms with van der Waals surface area (Å²) in [7, 11) is 0. The molecule has 1 N–H and O–H groups in total. The van der Waals surface area contributed by atoms with E-state index in [1.807, 2.05) is 0 Å². The van der Waals surface area contributed by atoms with Gasteiger partial charge in [-0.1, -0.05) is 37.6 Å². The zero-order chi connectivity index (χ0) is 14.4. The van der Waals surface area contributed by atoms with Crippen LogP contribution >= 0.6 is 0 Å². The summed E-state index contributed by atoms with van der Waals surface area (Å²) in [5.41, 5.74) is 3.16. The Morgan fingerprint density at radius 3 is 2.52 bits per heavy atom. The topological polar surface area (TPSA) is 12.0 Å². The van der Waals surface area contributed by atoms with Gasteiger partial charge in [0.15, 0.2) is 0 Å². The van der Waals surface area contributed by atoms with E-state index in [9.17, 15) is 0 Å². The van der Waals surface area contributed by atoms with Crippen LogP contribution in [0.25, 0.3) is 0 Å². The second-order valence-electron chi connectivity index (χ2n) is 7.95. The molecule has 2 saturated carbocycles. The highest BCUT2D eigenvalue weighted by atomic mass is 15.0. The van der Waals surface area contributed by atoms with Gasteiger partial charge in [-0.25, -0.2) is 0 Å². The van der Waals surface area contributed by atoms with E-state index in [1.165, 1.54) is 38.5 Å². The van der Waals surface area contributed by atoms with Crippen molar-refractivity contribution in [1.82, 2.24) is 5.32 Å². The van der Waals surface area contributed by atoms with E-state index >= 15 is 0 Å². The molecule has 6 unspecified atom stereocenters. The Morgan fingerprint density at radius 1 is 1.00 bits per heavy atom. The zero-order valence-electron chi connectivity index (χ0n) is 13.5. The molecule has 2 bridgehead atoms. The van der Waals surface area contributed by atoms with Crippen molar-refractivity contribution < 1.29 is 0 Å². The van der Waals surface area contributed by atoms with Crippen LogP contribution in [0.3, 0.4) is 0 Å². The molecule has 0 radical (unpaired) electrons. The molecule has 1 heteroatoms. The summed E-state index contributed by atoms with van der Waals surface area (Å²) in [6, 6.07) is 10.4. The molecule has 3 aliphatic rings. The van der Waals surface area contributed by atoms with Gasteiger partial charge in [0.2, 0.25) is 0 Å². The predicted octanol–water partition coefficient (Wildman–Crippen LogP) is 5.04. The molecular formula is C20H29N. The van der Waals surface area contributed by atoms with Crippen molar-refractivity contribution in [3.8, 4) is 0 Å². The lowest BCUT2D eigenvalue weighted by molar-refractivity contribution is 0.237. The van der Waals surface area contributed by atoms with Crippen molar-refractivity contribution in [1.29, 1.82) is 0 Å². The minimum atomic E-state index is 0.589. The minimum Gasteiger partial charge on any atom is -0.307 e. The molecule has 3 aliphatic carbocycles. The van der Waals surface area contributed by atoms with Crippen LogP contribution in [0, 0.1) is 17.8 Å². The Balaban J connectivity index is 1.49. The molecule has 6 atom stereocenters. The molecule has 0 aliphatic heterocycles. The van der Waals surface area contributed by atoms with Gasteiger partial charge in [-0.15, -0.1) is 0 Å². The number of benzene rings is 1. The maximum absolute atomic E-state index is 4.02. The fraction of sp³-hybridized carbons (Fsp3) is 0.700. The number of nitrogens with one attached hydrogen (secondary N) is 1. The van der Waals surface area contributed by atoms with Gasteiger partial charge in [-0.2, -0.15) is 0 Å². The minimum absolute atomic E-state index is 0.589. The van der Waals surface area contributed by atoms with Crippen molar-refractivity contribution in [3.05, 3.63) is 35.4 Å². The van der Waals surface area contributed by atoms with Gasteiger partial charge in [-0.3, -0.25) is 0 Å². The number of hydrogen-bond acceptors (Lipinski definition) is 1. The lowest BCUT2D eigenvalue weighted by atomic mass is 9.79. The molecule has 114 valence electrons. The standard InChI is InChI=1S/C20H29N/c1-13-7-10-20(18-6-4-3-5-17(13)18)21-14(2)19-12-15-8-9-16(19)11-15/h3-6,13-16,19-21H,7-12H2,1-2H3. The Hall–Kier alpha value is -0.820. The van der Waals surface area contributed by atoms with E-state index in [0.29, 0.717) is 12.1 Å². The van der Waals surface area contributed by atoms with Crippen LogP contribution in [0.15, 0.2) is 24.3 Å². The van der Waals surface area contributed by atoms with Crippen LogP contribution in [-0.2, 0) is 0 Å². The van der Waals surface area contributed by atoms with E-state index in [-0.39, 0.29) is 0 Å². The molecule has 0 amide bonds. The van der Waals surface area contributed by atoms with Crippen LogP contribution in [0.1, 0.15) is 75.5 Å². The van der Waals surface area contributed by atoms with Crippen molar-refractivity contribution in [2.24, 2.45) is 17.8 Å². The lowest BCUT2D eigenvalue weighted by Crippen LogP contribution is -2.40. The van der Waals surface area contributed by atoms with Gasteiger partial charge in [0.1, 0.15) is 0 Å². The average molecular weight is 283 g/mol. The smallest absolute Gasteiger partial charge is 0.0325 e. The van der Waals surface area contributed by atoms with Crippen molar-refractivity contribution in [2.45, 2.75) is 70.4 Å². The number of hydrogen-bond donors (Lipinski definition) is 1. The summed E-state index contributed by atoms with van der Waals surface area (Å²) in [6.07, 6.45) is 8.66. The third-order valence-electron chi connectivity index (χ3n) is 6.69. The molecule has 21 heavy (non-hydrogen) atoms. The molecule has 1 aromatic carbocycles. The summed E-state index contributed by atoms with van der Waals surface area (Å²) in [6.45, 7) is 4.83. The predicted molar refractivity (Wildman–Crippen MR) is 88.4 cm³/mol. The van der Waals surface area contributed by atoms with Crippen molar-refractivity contribution >= 4 is 0 Å². The third kappa shape index (κ3) is 2.44. The molecule has 1 nitrogen and oxygen atoms in total. The number of fused-ring (bicyclic) bond motifs is 3. The highest BCUT2D eigenvalue weighted by molar-refractivity contribution is 5.35. The van der Waals surface area contributed by atoms with E-state index in [0.717, 1.165) is 23.7 Å². The summed E-state index contributed by atoms with van der Waals surface area (Å²) >= 11 is 0. The normalized spacial score (nSPS) is 39.2. The largest absolute Gasteiger partial charge is 0.307 e. The highest BCUT2D eigenvalue weighted by Gasteiger charge is 2.42. The zero-order valence-corrected chi connectivity index (χ0v) is 13.5. The maximum atomic E-state index is 4.02. The van der Waals surface area contributed by atoms with Gasteiger partial charge in [0, 0.05) is 12.1 Å². The van der Waals surface area contributed by atoms with Crippen LogP contribution in [0.2, 0.25) is 0 Å². The summed E-state index contributed by atoms with van der Waals surface area (Å²) < 4.78 is 0.